The van der Waals surface area contributed by atoms with Crippen LogP contribution >= 0.6 is 11.6 Å². The third-order valence-electron chi connectivity index (χ3n) is 5.03. The van der Waals surface area contributed by atoms with E-state index in [2.05, 4.69) is 4.98 Å². The summed E-state index contributed by atoms with van der Waals surface area (Å²) in [7, 11) is -3.61. The monoisotopic (exact) mass is 436 g/mol. The van der Waals surface area contributed by atoms with Crippen LogP contribution in [-0.2, 0) is 10.0 Å². The van der Waals surface area contributed by atoms with Crippen LogP contribution < -0.4 is 4.90 Å². The molecule has 0 aliphatic carbocycles. The SMILES string of the molecule is CCN(CC)S(=O)(=O)c1cccc(C(=O)N2CCN(c3ncccc3Cl)CC2)c1. The summed E-state index contributed by atoms with van der Waals surface area (Å²) in [5.41, 5.74) is 0.377. The first-order valence-corrected chi connectivity index (χ1v) is 11.4. The van der Waals surface area contributed by atoms with Gasteiger partial charge >= 0.3 is 0 Å². The van der Waals surface area contributed by atoms with E-state index < -0.39 is 10.0 Å². The molecule has 0 spiro atoms. The fraction of sp³-hybridized carbons (Fsp3) is 0.400. The van der Waals surface area contributed by atoms with Crippen LogP contribution in [0.25, 0.3) is 0 Å². The molecule has 2 heterocycles. The largest absolute Gasteiger partial charge is 0.352 e. The Morgan fingerprint density at radius 2 is 1.79 bits per heavy atom. The van der Waals surface area contributed by atoms with Gasteiger partial charge < -0.3 is 9.80 Å². The molecule has 29 heavy (non-hydrogen) atoms. The van der Waals surface area contributed by atoms with Crippen LogP contribution in [0.15, 0.2) is 47.5 Å². The Kier molecular flexibility index (Phi) is 6.77. The lowest BCUT2D eigenvalue weighted by Gasteiger charge is -2.35. The molecule has 2 aromatic rings. The van der Waals surface area contributed by atoms with Crippen molar-refractivity contribution < 1.29 is 13.2 Å². The summed E-state index contributed by atoms with van der Waals surface area (Å²) in [6.45, 7) is 6.61. The van der Waals surface area contributed by atoms with Gasteiger partial charge in [0.15, 0.2) is 0 Å². The van der Waals surface area contributed by atoms with E-state index >= 15 is 0 Å². The third-order valence-corrected chi connectivity index (χ3v) is 7.37. The van der Waals surface area contributed by atoms with Gasteiger partial charge in [0.1, 0.15) is 5.82 Å². The van der Waals surface area contributed by atoms with Gasteiger partial charge in [0.2, 0.25) is 10.0 Å². The van der Waals surface area contributed by atoms with E-state index in [9.17, 15) is 13.2 Å². The zero-order chi connectivity index (χ0) is 21.0. The van der Waals surface area contributed by atoms with Crippen LogP contribution in [0.4, 0.5) is 5.82 Å². The number of carbonyl (C=O) groups is 1. The number of piperazine rings is 1. The van der Waals surface area contributed by atoms with E-state index in [0.29, 0.717) is 55.7 Å². The standard InChI is InChI=1S/C20H25ClN4O3S/c1-3-25(4-2)29(27,28)17-8-5-7-16(15-17)20(26)24-13-11-23(12-14-24)19-18(21)9-6-10-22-19/h5-10,15H,3-4,11-14H2,1-2H3. The molecule has 1 aliphatic heterocycles. The normalized spacial score (nSPS) is 15.0. The lowest BCUT2D eigenvalue weighted by atomic mass is 10.2. The lowest BCUT2D eigenvalue weighted by molar-refractivity contribution is 0.0746. The van der Waals surface area contributed by atoms with Crippen molar-refractivity contribution in [2.45, 2.75) is 18.7 Å². The first-order valence-electron chi connectivity index (χ1n) is 9.63. The number of amides is 1. The van der Waals surface area contributed by atoms with E-state index in [1.807, 2.05) is 4.90 Å². The van der Waals surface area contributed by atoms with E-state index in [0.717, 1.165) is 0 Å². The van der Waals surface area contributed by atoms with Gasteiger partial charge in [-0.1, -0.05) is 31.5 Å². The number of nitrogens with zero attached hydrogens (tertiary/aromatic N) is 4. The van der Waals surface area contributed by atoms with Crippen molar-refractivity contribution >= 4 is 33.3 Å². The highest BCUT2D eigenvalue weighted by molar-refractivity contribution is 7.89. The molecule has 0 saturated carbocycles. The Morgan fingerprint density at radius 1 is 1.10 bits per heavy atom. The smallest absolute Gasteiger partial charge is 0.254 e. The van der Waals surface area contributed by atoms with E-state index in [1.54, 1.807) is 49.2 Å². The van der Waals surface area contributed by atoms with Crippen LogP contribution in [-0.4, -0.2) is 67.8 Å². The molecule has 1 saturated heterocycles. The summed E-state index contributed by atoms with van der Waals surface area (Å²) in [6, 6.07) is 9.86. The number of benzene rings is 1. The van der Waals surface area contributed by atoms with E-state index in [1.165, 1.54) is 16.4 Å². The van der Waals surface area contributed by atoms with Crippen molar-refractivity contribution in [3.63, 3.8) is 0 Å². The summed E-state index contributed by atoms with van der Waals surface area (Å²) in [5.74, 6) is 0.543. The van der Waals surface area contributed by atoms with Gasteiger partial charge in [0.05, 0.1) is 9.92 Å². The highest BCUT2D eigenvalue weighted by Gasteiger charge is 2.26. The fourth-order valence-electron chi connectivity index (χ4n) is 3.42. The molecule has 156 valence electrons. The second kappa shape index (κ2) is 9.11. The summed E-state index contributed by atoms with van der Waals surface area (Å²) < 4.78 is 26.9. The molecule has 9 heteroatoms. The Balaban J connectivity index is 1.73. The molecule has 1 aromatic heterocycles. The second-order valence-electron chi connectivity index (χ2n) is 6.71. The minimum absolute atomic E-state index is 0.144. The predicted molar refractivity (Wildman–Crippen MR) is 114 cm³/mol. The predicted octanol–water partition coefficient (Wildman–Crippen LogP) is 2.73. The van der Waals surface area contributed by atoms with Gasteiger partial charge in [-0.05, 0) is 30.3 Å². The number of aromatic nitrogens is 1. The summed E-state index contributed by atoms with van der Waals surface area (Å²) in [6.07, 6.45) is 1.70. The summed E-state index contributed by atoms with van der Waals surface area (Å²) in [5, 5.41) is 0.585. The molecule has 1 amide bonds. The van der Waals surface area contributed by atoms with Crippen LogP contribution in [0.3, 0.4) is 0 Å². The number of sulfonamides is 1. The first-order chi connectivity index (χ1) is 13.9. The van der Waals surface area contributed by atoms with Crippen molar-refractivity contribution in [2.75, 3.05) is 44.2 Å². The average molecular weight is 437 g/mol. The first kappa shape index (κ1) is 21.5. The molecule has 0 unspecified atom stereocenters. The third kappa shape index (κ3) is 4.55. The molecule has 0 N–H and O–H groups in total. The minimum Gasteiger partial charge on any atom is -0.352 e. The highest BCUT2D eigenvalue weighted by atomic mass is 35.5. The van der Waals surface area contributed by atoms with Gasteiger partial charge in [0, 0.05) is 51.0 Å². The fourth-order valence-corrected chi connectivity index (χ4v) is 5.16. The van der Waals surface area contributed by atoms with Gasteiger partial charge in [-0.3, -0.25) is 4.79 Å². The molecular weight excluding hydrogens is 412 g/mol. The molecular formula is C20H25ClN4O3S. The Labute approximate surface area is 176 Å². The highest BCUT2D eigenvalue weighted by Crippen LogP contribution is 2.24. The molecule has 1 aliphatic rings. The minimum atomic E-state index is -3.61. The molecule has 3 rings (SSSR count). The average Bonchev–Trinajstić information content (AvgIpc) is 2.74. The maximum atomic E-state index is 13.0. The summed E-state index contributed by atoms with van der Waals surface area (Å²) >= 11 is 6.22. The van der Waals surface area contributed by atoms with Gasteiger partial charge in [-0.2, -0.15) is 4.31 Å². The van der Waals surface area contributed by atoms with Crippen molar-refractivity contribution in [1.29, 1.82) is 0 Å². The topological polar surface area (TPSA) is 73.8 Å². The van der Waals surface area contributed by atoms with Crippen molar-refractivity contribution in [3.8, 4) is 0 Å². The Bertz CT molecular complexity index is 971. The van der Waals surface area contributed by atoms with Gasteiger partial charge in [0.25, 0.3) is 5.91 Å². The quantitative estimate of drug-likeness (QED) is 0.696. The van der Waals surface area contributed by atoms with E-state index in [4.69, 9.17) is 11.6 Å². The van der Waals surface area contributed by atoms with Crippen LogP contribution in [0.2, 0.25) is 5.02 Å². The van der Waals surface area contributed by atoms with Crippen molar-refractivity contribution in [3.05, 3.63) is 53.2 Å². The van der Waals surface area contributed by atoms with Crippen LogP contribution in [0, 0.1) is 0 Å². The maximum Gasteiger partial charge on any atom is 0.254 e. The molecule has 1 fully saturated rings. The van der Waals surface area contributed by atoms with Crippen molar-refractivity contribution in [2.24, 2.45) is 0 Å². The number of pyridine rings is 1. The lowest BCUT2D eigenvalue weighted by Crippen LogP contribution is -2.49. The van der Waals surface area contributed by atoms with E-state index in [-0.39, 0.29) is 10.8 Å². The zero-order valence-electron chi connectivity index (χ0n) is 16.6. The maximum absolute atomic E-state index is 13.0. The second-order valence-corrected chi connectivity index (χ2v) is 9.05. The Hall–Kier alpha value is -2.16. The van der Waals surface area contributed by atoms with Crippen LogP contribution in [0.1, 0.15) is 24.2 Å². The molecule has 1 aromatic carbocycles. The number of anilines is 1. The zero-order valence-corrected chi connectivity index (χ0v) is 18.2. The number of hydrogen-bond acceptors (Lipinski definition) is 5. The van der Waals surface area contributed by atoms with Crippen molar-refractivity contribution in [1.82, 2.24) is 14.2 Å². The number of rotatable bonds is 6. The van der Waals surface area contributed by atoms with Crippen LogP contribution in [0.5, 0.6) is 0 Å². The van der Waals surface area contributed by atoms with Gasteiger partial charge in [-0.15, -0.1) is 0 Å². The van der Waals surface area contributed by atoms with Gasteiger partial charge in [-0.25, -0.2) is 13.4 Å². The molecule has 7 nitrogen and oxygen atoms in total. The molecule has 0 bridgehead atoms. The summed E-state index contributed by atoms with van der Waals surface area (Å²) in [4.78, 5) is 21.2. The number of carbonyl (C=O) groups excluding carboxylic acids is 1. The Morgan fingerprint density at radius 3 is 2.41 bits per heavy atom. The molecule has 0 radical (unpaired) electrons. The number of hydrogen-bond donors (Lipinski definition) is 0. The molecule has 0 atom stereocenters. The number of halogens is 1.